The Morgan fingerprint density at radius 1 is 1.35 bits per heavy atom. The number of ether oxygens (including phenoxy) is 1. The normalized spacial score (nSPS) is 12.0. The van der Waals surface area contributed by atoms with Crippen LogP contribution in [0.25, 0.3) is 0 Å². The topological polar surface area (TPSA) is 73.1 Å². The van der Waals surface area contributed by atoms with Crippen LogP contribution in [0.3, 0.4) is 0 Å². The number of halogens is 1. The van der Waals surface area contributed by atoms with Crippen LogP contribution in [0.2, 0.25) is 0 Å². The van der Waals surface area contributed by atoms with E-state index in [9.17, 15) is 0 Å². The summed E-state index contributed by atoms with van der Waals surface area (Å²) in [6, 6.07) is 8.01. The first-order valence-corrected chi connectivity index (χ1v) is 7.20. The van der Waals surface area contributed by atoms with Crippen molar-refractivity contribution in [3.63, 3.8) is 0 Å². The van der Waals surface area contributed by atoms with Gasteiger partial charge in [0.1, 0.15) is 5.75 Å². The van der Waals surface area contributed by atoms with E-state index in [0.29, 0.717) is 22.2 Å². The largest absolute Gasteiger partial charge is 0.438 e. The summed E-state index contributed by atoms with van der Waals surface area (Å²) in [4.78, 5) is 8.12. The molecule has 1 atom stereocenters. The highest BCUT2D eigenvalue weighted by molar-refractivity contribution is 9.10. The summed E-state index contributed by atoms with van der Waals surface area (Å²) < 4.78 is 6.40. The highest BCUT2D eigenvalue weighted by Crippen LogP contribution is 2.29. The third-order valence-corrected chi connectivity index (χ3v) is 3.66. The van der Waals surface area contributed by atoms with Crippen LogP contribution in [-0.4, -0.2) is 9.97 Å². The van der Waals surface area contributed by atoms with Gasteiger partial charge < -0.3 is 4.74 Å². The van der Waals surface area contributed by atoms with Crippen LogP contribution in [0.15, 0.2) is 34.9 Å². The second kappa shape index (κ2) is 6.67. The Balaban J connectivity index is 2.17. The summed E-state index contributed by atoms with van der Waals surface area (Å²) in [7, 11) is 0. The first-order valence-electron chi connectivity index (χ1n) is 6.41. The number of nitrogen functional groups attached to an aromatic ring is 1. The number of hydrazine groups is 1. The van der Waals surface area contributed by atoms with E-state index in [-0.39, 0.29) is 0 Å². The van der Waals surface area contributed by atoms with Crippen molar-refractivity contribution < 1.29 is 4.74 Å². The fraction of sp³-hybridized carbons (Fsp3) is 0.286. The van der Waals surface area contributed by atoms with Gasteiger partial charge in [-0.05, 0) is 46.0 Å². The van der Waals surface area contributed by atoms with E-state index in [2.05, 4.69) is 57.3 Å². The maximum atomic E-state index is 5.73. The summed E-state index contributed by atoms with van der Waals surface area (Å²) >= 11 is 3.35. The number of nitrogens with one attached hydrogen (secondary N) is 1. The van der Waals surface area contributed by atoms with Gasteiger partial charge in [0.15, 0.2) is 0 Å². The Labute approximate surface area is 126 Å². The number of anilines is 1. The lowest BCUT2D eigenvalue weighted by molar-refractivity contribution is 0.458. The third-order valence-electron chi connectivity index (χ3n) is 3.12. The highest BCUT2D eigenvalue weighted by atomic mass is 79.9. The zero-order chi connectivity index (χ0) is 14.5. The van der Waals surface area contributed by atoms with Crippen LogP contribution in [0.4, 0.5) is 5.95 Å². The Bertz CT molecular complexity index is 574. The number of nitrogens with zero attached hydrogens (tertiary/aromatic N) is 2. The molecule has 0 spiro atoms. The summed E-state index contributed by atoms with van der Waals surface area (Å²) in [5.74, 6) is 7.28. The average Bonchev–Trinajstić information content (AvgIpc) is 2.49. The van der Waals surface area contributed by atoms with Crippen molar-refractivity contribution in [2.45, 2.75) is 26.2 Å². The molecule has 1 aromatic heterocycles. The minimum absolute atomic E-state index is 0.305. The van der Waals surface area contributed by atoms with Crippen molar-refractivity contribution in [1.82, 2.24) is 9.97 Å². The molecule has 0 amide bonds. The molecular weight excluding hydrogens is 320 g/mol. The molecule has 2 aromatic rings. The molecule has 5 nitrogen and oxygen atoms in total. The molecule has 0 saturated heterocycles. The summed E-state index contributed by atoms with van der Waals surface area (Å²) in [6.45, 7) is 4.38. The lowest BCUT2D eigenvalue weighted by Gasteiger charge is -2.11. The van der Waals surface area contributed by atoms with E-state index in [1.165, 1.54) is 5.56 Å². The van der Waals surface area contributed by atoms with Gasteiger partial charge in [-0.25, -0.2) is 10.8 Å². The van der Waals surface area contributed by atoms with Crippen LogP contribution >= 0.6 is 15.9 Å². The fourth-order valence-corrected chi connectivity index (χ4v) is 1.98. The molecule has 0 aliphatic rings. The molecule has 0 aliphatic heterocycles. The van der Waals surface area contributed by atoms with Gasteiger partial charge in [-0.15, -0.1) is 0 Å². The lowest BCUT2D eigenvalue weighted by Crippen LogP contribution is -2.10. The first-order chi connectivity index (χ1) is 9.63. The Morgan fingerprint density at radius 2 is 2.05 bits per heavy atom. The maximum Gasteiger partial charge on any atom is 0.240 e. The summed E-state index contributed by atoms with van der Waals surface area (Å²) in [5.41, 5.74) is 3.69. The van der Waals surface area contributed by atoms with Crippen molar-refractivity contribution in [2.24, 2.45) is 5.84 Å². The summed E-state index contributed by atoms with van der Waals surface area (Å²) in [6.07, 6.45) is 2.70. The van der Waals surface area contributed by atoms with Crippen molar-refractivity contribution in [2.75, 3.05) is 5.43 Å². The minimum Gasteiger partial charge on any atom is -0.438 e. The lowest BCUT2D eigenvalue weighted by atomic mass is 9.99. The molecule has 0 fully saturated rings. The number of hydrogen-bond donors (Lipinski definition) is 2. The predicted molar refractivity (Wildman–Crippen MR) is 82.8 cm³/mol. The molecule has 0 radical (unpaired) electrons. The molecule has 0 aliphatic carbocycles. The van der Waals surface area contributed by atoms with E-state index in [1.54, 1.807) is 6.20 Å². The molecular formula is C14H17BrN4O. The fourth-order valence-electron chi connectivity index (χ4n) is 1.70. The smallest absolute Gasteiger partial charge is 0.240 e. The van der Waals surface area contributed by atoms with Gasteiger partial charge in [0, 0.05) is 0 Å². The van der Waals surface area contributed by atoms with Gasteiger partial charge in [0.25, 0.3) is 0 Å². The second-order valence-corrected chi connectivity index (χ2v) is 5.33. The zero-order valence-corrected chi connectivity index (χ0v) is 13.0. The van der Waals surface area contributed by atoms with Crippen molar-refractivity contribution in [3.8, 4) is 11.6 Å². The van der Waals surface area contributed by atoms with Crippen LogP contribution in [0.5, 0.6) is 11.6 Å². The molecule has 6 heteroatoms. The number of benzene rings is 1. The van der Waals surface area contributed by atoms with Gasteiger partial charge in [-0.2, -0.15) is 4.98 Å². The van der Waals surface area contributed by atoms with E-state index in [4.69, 9.17) is 10.6 Å². The van der Waals surface area contributed by atoms with Gasteiger partial charge in [0.05, 0.1) is 10.7 Å². The van der Waals surface area contributed by atoms with Gasteiger partial charge >= 0.3 is 0 Å². The van der Waals surface area contributed by atoms with E-state index in [1.807, 2.05) is 12.1 Å². The minimum atomic E-state index is 0.305. The Hall–Kier alpha value is -1.66. The van der Waals surface area contributed by atoms with Crippen LogP contribution < -0.4 is 16.0 Å². The number of nitrogens with two attached hydrogens (primary N) is 1. The van der Waals surface area contributed by atoms with Crippen molar-refractivity contribution in [1.29, 1.82) is 0 Å². The Kier molecular flexibility index (Phi) is 4.92. The van der Waals surface area contributed by atoms with Gasteiger partial charge in [0.2, 0.25) is 11.8 Å². The standard InChI is InChI=1S/C14H17BrN4O/c1-3-9(2)10-4-6-11(7-5-10)20-13-12(15)8-17-14(18-13)19-16/h4-9H,3,16H2,1-2H3,(H,17,18,19). The molecule has 0 bridgehead atoms. The summed E-state index contributed by atoms with van der Waals surface area (Å²) in [5, 5.41) is 0. The molecule has 1 heterocycles. The highest BCUT2D eigenvalue weighted by Gasteiger charge is 2.08. The molecule has 106 valence electrons. The number of rotatable bonds is 5. The molecule has 0 saturated carbocycles. The zero-order valence-electron chi connectivity index (χ0n) is 11.4. The van der Waals surface area contributed by atoms with Crippen LogP contribution in [0, 0.1) is 0 Å². The van der Waals surface area contributed by atoms with E-state index >= 15 is 0 Å². The van der Waals surface area contributed by atoms with Crippen molar-refractivity contribution in [3.05, 3.63) is 40.5 Å². The number of aromatic nitrogens is 2. The van der Waals surface area contributed by atoms with E-state index in [0.717, 1.165) is 12.2 Å². The average molecular weight is 337 g/mol. The van der Waals surface area contributed by atoms with Crippen LogP contribution in [-0.2, 0) is 0 Å². The van der Waals surface area contributed by atoms with Gasteiger partial charge in [-0.3, -0.25) is 5.43 Å². The third kappa shape index (κ3) is 3.46. The second-order valence-electron chi connectivity index (χ2n) is 4.47. The SMILES string of the molecule is CCC(C)c1ccc(Oc2nc(NN)ncc2Br)cc1. The number of hydrogen-bond acceptors (Lipinski definition) is 5. The molecule has 1 aromatic carbocycles. The monoisotopic (exact) mass is 336 g/mol. The molecule has 2 rings (SSSR count). The molecule has 20 heavy (non-hydrogen) atoms. The quantitative estimate of drug-likeness (QED) is 0.641. The van der Waals surface area contributed by atoms with Gasteiger partial charge in [-0.1, -0.05) is 26.0 Å². The van der Waals surface area contributed by atoms with Crippen molar-refractivity contribution >= 4 is 21.9 Å². The first kappa shape index (κ1) is 14.7. The maximum absolute atomic E-state index is 5.73. The molecule has 1 unspecified atom stereocenters. The predicted octanol–water partition coefficient (Wildman–Crippen LogP) is 3.83. The molecule has 3 N–H and O–H groups in total. The van der Waals surface area contributed by atoms with E-state index < -0.39 is 0 Å². The van der Waals surface area contributed by atoms with Crippen LogP contribution in [0.1, 0.15) is 31.7 Å². The Morgan fingerprint density at radius 3 is 2.65 bits per heavy atom.